The molecule has 3 nitrogen and oxygen atoms in total. The van der Waals surface area contributed by atoms with E-state index in [0.29, 0.717) is 5.15 Å². The van der Waals surface area contributed by atoms with Crippen LogP contribution in [0.15, 0.2) is 6.20 Å². The minimum Gasteiger partial charge on any atom is -0.298 e. The molecule has 0 spiro atoms. The van der Waals surface area contributed by atoms with Gasteiger partial charge in [0.2, 0.25) is 0 Å². The van der Waals surface area contributed by atoms with Gasteiger partial charge >= 0.3 is 0 Å². The minimum atomic E-state index is -0.200. The molecule has 0 atom stereocenters. The Bertz CT molecular complexity index is 339. The van der Waals surface area contributed by atoms with Gasteiger partial charge in [-0.2, -0.15) is 0 Å². The van der Waals surface area contributed by atoms with Gasteiger partial charge in [-0.3, -0.25) is 4.90 Å². The summed E-state index contributed by atoms with van der Waals surface area (Å²) in [6.07, 6.45) is 1.75. The molecule has 0 amide bonds. The topological polar surface area (TPSA) is 29.0 Å². The Morgan fingerprint density at radius 1 is 1.43 bits per heavy atom. The molecule has 1 aromatic heterocycles. The molecule has 0 saturated carbocycles. The van der Waals surface area contributed by atoms with Crippen molar-refractivity contribution in [2.75, 3.05) is 14.1 Å². The molecule has 78 valence electrons. The van der Waals surface area contributed by atoms with Crippen LogP contribution in [0.25, 0.3) is 0 Å². The number of nitrogens with zero attached hydrogens (tertiary/aromatic N) is 3. The summed E-state index contributed by atoms with van der Waals surface area (Å²) < 4.78 is 0.877. The lowest BCUT2D eigenvalue weighted by molar-refractivity contribution is 0.185. The molecule has 0 saturated heterocycles. The van der Waals surface area contributed by atoms with Crippen molar-refractivity contribution in [3.05, 3.63) is 20.7 Å². The summed E-state index contributed by atoms with van der Waals surface area (Å²) in [5, 5.41) is 0.519. The third kappa shape index (κ3) is 2.35. The first-order chi connectivity index (χ1) is 6.35. The van der Waals surface area contributed by atoms with Crippen molar-refractivity contribution in [1.29, 1.82) is 0 Å². The molecular weight excluding hydrogens is 312 g/mol. The van der Waals surface area contributed by atoms with Gasteiger partial charge in [-0.1, -0.05) is 11.6 Å². The molecule has 1 aromatic rings. The maximum atomic E-state index is 5.95. The van der Waals surface area contributed by atoms with Gasteiger partial charge in [0.25, 0.3) is 0 Å². The van der Waals surface area contributed by atoms with E-state index in [2.05, 4.69) is 51.3 Å². The zero-order valence-electron chi connectivity index (χ0n) is 8.67. The quantitative estimate of drug-likeness (QED) is 0.618. The van der Waals surface area contributed by atoms with E-state index in [0.717, 1.165) is 9.39 Å². The summed E-state index contributed by atoms with van der Waals surface area (Å²) in [5.41, 5.74) is -0.200. The first-order valence-corrected chi connectivity index (χ1v) is 5.67. The van der Waals surface area contributed by atoms with Crippen LogP contribution in [0.4, 0.5) is 0 Å². The lowest BCUT2D eigenvalue weighted by Crippen LogP contribution is -2.37. The molecule has 0 radical (unpaired) electrons. The van der Waals surface area contributed by atoms with Crippen LogP contribution in [0.5, 0.6) is 0 Å². The Balaban J connectivity index is 3.14. The number of hydrogen-bond acceptors (Lipinski definition) is 3. The second-order valence-corrected chi connectivity index (χ2v) is 5.31. The number of aromatic nitrogens is 2. The fourth-order valence-electron chi connectivity index (χ4n) is 0.841. The van der Waals surface area contributed by atoms with E-state index in [1.54, 1.807) is 6.20 Å². The van der Waals surface area contributed by atoms with Crippen LogP contribution in [0.3, 0.4) is 0 Å². The van der Waals surface area contributed by atoms with Gasteiger partial charge in [0.05, 0.1) is 9.11 Å². The molecule has 5 heteroatoms. The van der Waals surface area contributed by atoms with Gasteiger partial charge < -0.3 is 0 Å². The molecule has 0 N–H and O–H groups in total. The summed E-state index contributed by atoms with van der Waals surface area (Å²) in [6, 6.07) is 0. The van der Waals surface area contributed by atoms with Crippen molar-refractivity contribution in [2.24, 2.45) is 0 Å². The second kappa shape index (κ2) is 4.28. The summed E-state index contributed by atoms with van der Waals surface area (Å²) in [6.45, 7) is 4.12. The van der Waals surface area contributed by atoms with Crippen molar-refractivity contribution in [2.45, 2.75) is 19.4 Å². The predicted octanol–water partition coefficient (Wildman–Crippen LogP) is 2.53. The van der Waals surface area contributed by atoms with E-state index in [-0.39, 0.29) is 5.54 Å². The average molecular weight is 326 g/mol. The molecule has 0 fully saturated rings. The van der Waals surface area contributed by atoms with E-state index in [9.17, 15) is 0 Å². The van der Waals surface area contributed by atoms with Gasteiger partial charge in [-0.15, -0.1) is 0 Å². The van der Waals surface area contributed by atoms with E-state index >= 15 is 0 Å². The third-order valence-electron chi connectivity index (χ3n) is 2.37. The molecule has 1 heterocycles. The van der Waals surface area contributed by atoms with Crippen molar-refractivity contribution in [3.63, 3.8) is 0 Å². The molecule has 0 unspecified atom stereocenters. The maximum absolute atomic E-state index is 5.95. The van der Waals surface area contributed by atoms with Crippen LogP contribution in [0, 0.1) is 3.57 Å². The monoisotopic (exact) mass is 325 g/mol. The van der Waals surface area contributed by atoms with Crippen LogP contribution in [0.1, 0.15) is 19.7 Å². The van der Waals surface area contributed by atoms with Gasteiger partial charge in [-0.25, -0.2) is 9.97 Å². The third-order valence-corrected chi connectivity index (χ3v) is 3.76. The molecule has 0 aromatic carbocycles. The fraction of sp³-hybridized carbons (Fsp3) is 0.556. The highest BCUT2D eigenvalue weighted by Gasteiger charge is 2.26. The normalized spacial score (nSPS) is 12.2. The summed E-state index contributed by atoms with van der Waals surface area (Å²) in [5.74, 6) is 0.743. The highest BCUT2D eigenvalue weighted by molar-refractivity contribution is 14.1. The Morgan fingerprint density at radius 3 is 2.43 bits per heavy atom. The van der Waals surface area contributed by atoms with Gasteiger partial charge in [-0.05, 0) is 50.5 Å². The molecular formula is C9H13ClIN3. The molecule has 0 aliphatic heterocycles. The molecule has 0 bridgehead atoms. The SMILES string of the molecule is CN(C)C(C)(C)c1ncc(I)c(Cl)n1. The summed E-state index contributed by atoms with van der Waals surface area (Å²) in [7, 11) is 3.99. The van der Waals surface area contributed by atoms with E-state index in [1.165, 1.54) is 0 Å². The zero-order valence-corrected chi connectivity index (χ0v) is 11.6. The smallest absolute Gasteiger partial charge is 0.149 e. The Labute approximate surface area is 103 Å². The average Bonchev–Trinajstić information content (AvgIpc) is 2.09. The predicted molar refractivity (Wildman–Crippen MR) is 66.5 cm³/mol. The standard InChI is InChI=1S/C9H13ClIN3/c1-9(2,14(3)4)8-12-5-6(11)7(10)13-8/h5H,1-4H3. The second-order valence-electron chi connectivity index (χ2n) is 3.79. The first-order valence-electron chi connectivity index (χ1n) is 4.21. The molecule has 14 heavy (non-hydrogen) atoms. The zero-order chi connectivity index (χ0) is 10.9. The van der Waals surface area contributed by atoms with Gasteiger partial charge in [0, 0.05) is 6.20 Å². The van der Waals surface area contributed by atoms with Crippen LogP contribution >= 0.6 is 34.2 Å². The lowest BCUT2D eigenvalue weighted by atomic mass is 10.0. The van der Waals surface area contributed by atoms with Crippen molar-refractivity contribution >= 4 is 34.2 Å². The van der Waals surface area contributed by atoms with Gasteiger partial charge in [0.15, 0.2) is 0 Å². The Morgan fingerprint density at radius 2 is 2.00 bits per heavy atom. The highest BCUT2D eigenvalue weighted by atomic mass is 127. The maximum Gasteiger partial charge on any atom is 0.149 e. The van der Waals surface area contributed by atoms with Crippen molar-refractivity contribution in [1.82, 2.24) is 14.9 Å². The minimum absolute atomic E-state index is 0.200. The van der Waals surface area contributed by atoms with Crippen LogP contribution in [-0.4, -0.2) is 29.0 Å². The molecule has 0 aliphatic carbocycles. The fourth-order valence-corrected chi connectivity index (χ4v) is 1.23. The van der Waals surface area contributed by atoms with Crippen LogP contribution < -0.4 is 0 Å². The first kappa shape index (κ1) is 12.1. The van der Waals surface area contributed by atoms with Crippen molar-refractivity contribution < 1.29 is 0 Å². The van der Waals surface area contributed by atoms with Gasteiger partial charge in [0.1, 0.15) is 11.0 Å². The summed E-state index contributed by atoms with van der Waals surface area (Å²) >= 11 is 8.06. The number of hydrogen-bond donors (Lipinski definition) is 0. The number of halogens is 2. The van der Waals surface area contributed by atoms with E-state index in [4.69, 9.17) is 11.6 Å². The van der Waals surface area contributed by atoms with E-state index < -0.39 is 0 Å². The molecule has 0 aliphatic rings. The largest absolute Gasteiger partial charge is 0.298 e. The molecule has 1 rings (SSSR count). The lowest BCUT2D eigenvalue weighted by Gasteiger charge is -2.30. The van der Waals surface area contributed by atoms with Crippen LogP contribution in [0.2, 0.25) is 5.15 Å². The van der Waals surface area contributed by atoms with Crippen molar-refractivity contribution in [3.8, 4) is 0 Å². The highest BCUT2D eigenvalue weighted by Crippen LogP contribution is 2.24. The van der Waals surface area contributed by atoms with Crippen LogP contribution in [-0.2, 0) is 5.54 Å². The Hall–Kier alpha value is 0.0600. The summed E-state index contributed by atoms with van der Waals surface area (Å²) in [4.78, 5) is 10.6. The Kier molecular flexibility index (Phi) is 3.71. The van der Waals surface area contributed by atoms with E-state index in [1.807, 2.05) is 14.1 Å². The number of rotatable bonds is 2.